The molecular formula is C7H13N3O3S. The molecular weight excluding hydrogens is 206 g/mol. The lowest BCUT2D eigenvalue weighted by atomic mass is 10.2. The third-order valence-corrected chi connectivity index (χ3v) is 2.86. The summed E-state index contributed by atoms with van der Waals surface area (Å²) in [5.41, 5.74) is 5.17. The van der Waals surface area contributed by atoms with E-state index in [0.29, 0.717) is 0 Å². The second-order valence-electron chi connectivity index (χ2n) is 3.43. The van der Waals surface area contributed by atoms with Gasteiger partial charge in [0.25, 0.3) is 0 Å². The van der Waals surface area contributed by atoms with E-state index in [2.05, 4.69) is 4.40 Å². The number of aliphatic hydroxyl groups is 1. The Morgan fingerprint density at radius 1 is 1.64 bits per heavy atom. The number of nitrogens with zero attached hydrogens (tertiary/aromatic N) is 2. The summed E-state index contributed by atoms with van der Waals surface area (Å²) >= 11 is 0. The van der Waals surface area contributed by atoms with Crippen LogP contribution in [0, 0.1) is 5.92 Å². The van der Waals surface area contributed by atoms with Gasteiger partial charge >= 0.3 is 10.2 Å². The minimum absolute atomic E-state index is 0.142. The molecule has 1 heterocycles. The van der Waals surface area contributed by atoms with E-state index in [-0.39, 0.29) is 24.1 Å². The van der Waals surface area contributed by atoms with Gasteiger partial charge in [0.1, 0.15) is 0 Å². The molecule has 0 fully saturated rings. The molecule has 0 atom stereocenters. The van der Waals surface area contributed by atoms with E-state index < -0.39 is 10.2 Å². The maximum Gasteiger partial charge on any atom is 0.346 e. The molecule has 0 aromatic carbocycles. The SMILES string of the molecule is CC(C)CN1C=C(O)C(N)=NS1(=O)=O. The lowest BCUT2D eigenvalue weighted by molar-refractivity contribution is 0.395. The topological polar surface area (TPSA) is 96.0 Å². The van der Waals surface area contributed by atoms with Gasteiger partial charge in [0.05, 0.1) is 6.20 Å². The quantitative estimate of drug-likeness (QED) is 0.681. The molecule has 7 heteroatoms. The molecule has 1 rings (SSSR count). The summed E-state index contributed by atoms with van der Waals surface area (Å²) in [5, 5.41) is 9.19. The van der Waals surface area contributed by atoms with Crippen molar-refractivity contribution in [3.05, 3.63) is 12.0 Å². The van der Waals surface area contributed by atoms with E-state index in [1.54, 1.807) is 0 Å². The van der Waals surface area contributed by atoms with Crippen LogP contribution in [0.4, 0.5) is 0 Å². The van der Waals surface area contributed by atoms with Crippen LogP contribution in [0.5, 0.6) is 0 Å². The highest BCUT2D eigenvalue weighted by Crippen LogP contribution is 2.14. The highest BCUT2D eigenvalue weighted by atomic mass is 32.2. The van der Waals surface area contributed by atoms with Crippen LogP contribution >= 0.6 is 0 Å². The second-order valence-corrected chi connectivity index (χ2v) is 4.98. The average molecular weight is 219 g/mol. The predicted octanol–water partition coefficient (Wildman–Crippen LogP) is -0.0406. The zero-order valence-corrected chi connectivity index (χ0v) is 8.82. The smallest absolute Gasteiger partial charge is 0.346 e. The standard InChI is InChI=1S/C7H13N3O3S/c1-5(2)3-10-4-6(11)7(8)9-14(10,12)13/h4-5,11H,3H2,1-2H3,(H2,8,9). The molecule has 1 aliphatic rings. The first-order valence-corrected chi connectivity index (χ1v) is 5.51. The van der Waals surface area contributed by atoms with Gasteiger partial charge in [-0.1, -0.05) is 13.8 Å². The summed E-state index contributed by atoms with van der Waals surface area (Å²) in [4.78, 5) is 0. The maximum atomic E-state index is 11.4. The molecule has 0 aliphatic carbocycles. The van der Waals surface area contributed by atoms with Crippen LogP contribution in [-0.4, -0.2) is 30.2 Å². The highest BCUT2D eigenvalue weighted by Gasteiger charge is 2.25. The van der Waals surface area contributed by atoms with Crippen molar-refractivity contribution < 1.29 is 13.5 Å². The fourth-order valence-corrected chi connectivity index (χ4v) is 2.17. The van der Waals surface area contributed by atoms with E-state index in [1.807, 2.05) is 13.8 Å². The molecule has 6 nitrogen and oxygen atoms in total. The van der Waals surface area contributed by atoms with E-state index in [4.69, 9.17) is 5.73 Å². The molecule has 14 heavy (non-hydrogen) atoms. The van der Waals surface area contributed by atoms with Crippen molar-refractivity contribution >= 4 is 16.0 Å². The molecule has 0 bridgehead atoms. The van der Waals surface area contributed by atoms with E-state index in [0.717, 1.165) is 10.5 Å². The minimum atomic E-state index is -3.74. The van der Waals surface area contributed by atoms with Crippen molar-refractivity contribution in [1.82, 2.24) is 4.31 Å². The van der Waals surface area contributed by atoms with Crippen molar-refractivity contribution in [3.63, 3.8) is 0 Å². The molecule has 0 aromatic rings. The first-order chi connectivity index (χ1) is 6.33. The predicted molar refractivity (Wildman–Crippen MR) is 52.8 cm³/mol. The van der Waals surface area contributed by atoms with Gasteiger partial charge in [-0.05, 0) is 5.92 Å². The Labute approximate surface area is 82.9 Å². The summed E-state index contributed by atoms with van der Waals surface area (Å²) in [6, 6.07) is 0. The van der Waals surface area contributed by atoms with Crippen LogP contribution < -0.4 is 5.73 Å². The van der Waals surface area contributed by atoms with Crippen LogP contribution in [0.15, 0.2) is 16.4 Å². The molecule has 0 saturated carbocycles. The Bertz CT molecular complexity index is 383. The maximum absolute atomic E-state index is 11.4. The zero-order chi connectivity index (χ0) is 10.9. The van der Waals surface area contributed by atoms with E-state index in [9.17, 15) is 13.5 Å². The Balaban J connectivity index is 3.00. The summed E-state index contributed by atoms with van der Waals surface area (Å²) < 4.78 is 26.9. The van der Waals surface area contributed by atoms with Crippen molar-refractivity contribution in [2.45, 2.75) is 13.8 Å². The van der Waals surface area contributed by atoms with Crippen molar-refractivity contribution in [2.75, 3.05) is 6.54 Å². The Hall–Kier alpha value is -1.24. The molecule has 0 spiro atoms. The molecule has 0 amide bonds. The fourth-order valence-electron chi connectivity index (χ4n) is 0.999. The number of aliphatic hydroxyl groups excluding tert-OH is 1. The van der Waals surface area contributed by atoms with Crippen molar-refractivity contribution in [2.24, 2.45) is 16.0 Å². The highest BCUT2D eigenvalue weighted by molar-refractivity contribution is 7.88. The molecule has 0 saturated heterocycles. The van der Waals surface area contributed by atoms with Gasteiger partial charge < -0.3 is 10.8 Å². The molecule has 0 aromatic heterocycles. The van der Waals surface area contributed by atoms with Gasteiger partial charge in [0, 0.05) is 6.54 Å². The third-order valence-electron chi connectivity index (χ3n) is 1.58. The van der Waals surface area contributed by atoms with Crippen molar-refractivity contribution in [3.8, 4) is 0 Å². The number of rotatable bonds is 2. The Morgan fingerprint density at radius 2 is 2.21 bits per heavy atom. The normalized spacial score (nSPS) is 20.6. The van der Waals surface area contributed by atoms with Gasteiger partial charge in [-0.25, -0.2) is 0 Å². The molecule has 1 aliphatic heterocycles. The summed E-state index contributed by atoms with van der Waals surface area (Å²) in [6.07, 6.45) is 1.08. The number of hydrogen-bond acceptors (Lipinski definition) is 4. The second kappa shape index (κ2) is 3.49. The first-order valence-electron chi connectivity index (χ1n) is 4.11. The number of amidine groups is 1. The van der Waals surface area contributed by atoms with Crippen LogP contribution in [0.3, 0.4) is 0 Å². The Morgan fingerprint density at radius 3 is 2.71 bits per heavy atom. The first kappa shape index (κ1) is 10.8. The zero-order valence-electron chi connectivity index (χ0n) is 8.01. The number of hydrogen-bond donors (Lipinski definition) is 2. The monoisotopic (exact) mass is 219 g/mol. The van der Waals surface area contributed by atoms with Crippen molar-refractivity contribution in [1.29, 1.82) is 0 Å². The largest absolute Gasteiger partial charge is 0.503 e. The molecule has 80 valence electrons. The van der Waals surface area contributed by atoms with Crippen LogP contribution in [-0.2, 0) is 10.2 Å². The lowest BCUT2D eigenvalue weighted by Gasteiger charge is -2.22. The minimum Gasteiger partial charge on any atom is -0.503 e. The van der Waals surface area contributed by atoms with Gasteiger partial charge in [-0.3, -0.25) is 4.31 Å². The van der Waals surface area contributed by atoms with Gasteiger partial charge in [-0.15, -0.1) is 4.40 Å². The summed E-state index contributed by atoms with van der Waals surface area (Å²) in [5.74, 6) is -0.547. The molecule has 0 radical (unpaired) electrons. The average Bonchev–Trinajstić information content (AvgIpc) is 1.98. The third kappa shape index (κ3) is 2.16. The van der Waals surface area contributed by atoms with Gasteiger partial charge in [-0.2, -0.15) is 8.42 Å². The lowest BCUT2D eigenvalue weighted by Crippen LogP contribution is -2.35. The van der Waals surface area contributed by atoms with Crippen LogP contribution in [0.25, 0.3) is 0 Å². The molecule has 0 unspecified atom stereocenters. The van der Waals surface area contributed by atoms with E-state index >= 15 is 0 Å². The molecule has 3 N–H and O–H groups in total. The Kier molecular flexibility index (Phi) is 2.70. The van der Waals surface area contributed by atoms with Crippen LogP contribution in [0.2, 0.25) is 0 Å². The summed E-state index contributed by atoms with van der Waals surface area (Å²) in [7, 11) is -3.74. The van der Waals surface area contributed by atoms with Gasteiger partial charge in [0.2, 0.25) is 0 Å². The number of nitrogens with two attached hydrogens (primary N) is 1. The van der Waals surface area contributed by atoms with Gasteiger partial charge in [0.15, 0.2) is 11.6 Å². The summed E-state index contributed by atoms with van der Waals surface area (Å²) in [6.45, 7) is 3.99. The van der Waals surface area contributed by atoms with E-state index in [1.165, 1.54) is 0 Å². The van der Waals surface area contributed by atoms with Crippen LogP contribution in [0.1, 0.15) is 13.8 Å². The fraction of sp³-hybridized carbons (Fsp3) is 0.571.